The highest BCUT2D eigenvalue weighted by molar-refractivity contribution is 6.08. The van der Waals surface area contributed by atoms with Gasteiger partial charge in [-0.1, -0.05) is 17.7 Å². The van der Waals surface area contributed by atoms with Crippen LogP contribution >= 0.6 is 0 Å². The van der Waals surface area contributed by atoms with E-state index < -0.39 is 0 Å². The minimum atomic E-state index is -0.00652. The Balaban J connectivity index is 1.71. The molecule has 0 aliphatic carbocycles. The van der Waals surface area contributed by atoms with Gasteiger partial charge in [0.15, 0.2) is 0 Å². The number of aryl methyl sites for hydroxylation is 3. The zero-order valence-corrected chi connectivity index (χ0v) is 12.7. The first kappa shape index (κ1) is 13.4. The third-order valence-electron chi connectivity index (χ3n) is 4.37. The Morgan fingerprint density at radius 3 is 3.09 bits per heavy atom. The number of amides is 1. The van der Waals surface area contributed by atoms with Crippen LogP contribution in [0.2, 0.25) is 0 Å². The van der Waals surface area contributed by atoms with Crippen molar-refractivity contribution < 1.29 is 9.53 Å². The van der Waals surface area contributed by atoms with Crippen LogP contribution in [0.1, 0.15) is 34.3 Å². The summed E-state index contributed by atoms with van der Waals surface area (Å²) in [6.45, 7) is 4.31. The van der Waals surface area contributed by atoms with Crippen molar-refractivity contribution in [1.29, 1.82) is 0 Å². The van der Waals surface area contributed by atoms with Gasteiger partial charge in [0.25, 0.3) is 5.91 Å². The van der Waals surface area contributed by atoms with E-state index in [1.165, 1.54) is 11.1 Å². The highest BCUT2D eigenvalue weighted by Crippen LogP contribution is 2.31. The summed E-state index contributed by atoms with van der Waals surface area (Å²) in [4.78, 5) is 14.8. The molecule has 0 saturated carbocycles. The van der Waals surface area contributed by atoms with Gasteiger partial charge >= 0.3 is 0 Å². The van der Waals surface area contributed by atoms with Gasteiger partial charge in [-0.05, 0) is 31.4 Å². The Hall–Kier alpha value is -2.30. The summed E-state index contributed by atoms with van der Waals surface area (Å²) in [6.07, 6.45) is 4.61. The lowest BCUT2D eigenvalue weighted by molar-refractivity contribution is 0.0978. The number of fused-ring (bicyclic) bond motifs is 2. The van der Waals surface area contributed by atoms with E-state index in [1.807, 2.05) is 4.90 Å². The summed E-state index contributed by atoms with van der Waals surface area (Å²) in [6, 6.07) is 6.30. The second kappa shape index (κ2) is 5.16. The van der Waals surface area contributed by atoms with E-state index in [1.54, 1.807) is 10.9 Å². The number of carbonyl (C=O) groups is 1. The van der Waals surface area contributed by atoms with Crippen molar-refractivity contribution in [3.63, 3.8) is 0 Å². The van der Waals surface area contributed by atoms with E-state index in [9.17, 15) is 4.79 Å². The van der Waals surface area contributed by atoms with E-state index in [-0.39, 0.29) is 5.91 Å². The van der Waals surface area contributed by atoms with Crippen molar-refractivity contribution >= 4 is 11.6 Å². The van der Waals surface area contributed by atoms with Crippen LogP contribution in [0.15, 0.2) is 24.4 Å². The number of ether oxygens (including phenoxy) is 1. The van der Waals surface area contributed by atoms with Gasteiger partial charge in [0.05, 0.1) is 12.8 Å². The Labute approximate surface area is 129 Å². The van der Waals surface area contributed by atoms with E-state index in [2.05, 4.69) is 30.2 Å². The van der Waals surface area contributed by atoms with Crippen molar-refractivity contribution in [2.75, 3.05) is 18.1 Å². The second-order valence-corrected chi connectivity index (χ2v) is 5.98. The molecule has 1 aromatic carbocycles. The van der Waals surface area contributed by atoms with Crippen LogP contribution in [-0.4, -0.2) is 28.8 Å². The number of rotatable bonds is 1. The number of hydrogen-bond donors (Lipinski definition) is 0. The molecule has 0 unspecified atom stereocenters. The molecule has 5 heteroatoms. The summed E-state index contributed by atoms with van der Waals surface area (Å²) < 4.78 is 7.46. The van der Waals surface area contributed by atoms with Crippen LogP contribution in [-0.2, 0) is 13.0 Å². The number of carbonyl (C=O) groups excluding carboxylic acids is 1. The molecule has 0 spiro atoms. The number of aromatic nitrogens is 2. The average molecular weight is 297 g/mol. The third kappa shape index (κ3) is 2.08. The fourth-order valence-electron chi connectivity index (χ4n) is 3.30. The van der Waals surface area contributed by atoms with Gasteiger partial charge in [-0.2, -0.15) is 5.10 Å². The molecule has 0 fully saturated rings. The van der Waals surface area contributed by atoms with Gasteiger partial charge in [0.2, 0.25) is 5.88 Å². The molecule has 3 heterocycles. The SMILES string of the molecule is Cc1ccc2c(c1)CCCN2C(=O)c1cnn2c1OCCC2. The van der Waals surface area contributed by atoms with E-state index in [0.717, 1.165) is 38.0 Å². The van der Waals surface area contributed by atoms with Crippen molar-refractivity contribution in [1.82, 2.24) is 9.78 Å². The summed E-state index contributed by atoms with van der Waals surface area (Å²) in [5.74, 6) is 0.614. The molecule has 0 radical (unpaired) electrons. The van der Waals surface area contributed by atoms with Gasteiger partial charge < -0.3 is 9.64 Å². The standard InChI is InChI=1S/C17H19N3O2/c1-12-5-6-15-13(10-12)4-2-7-19(15)16(21)14-11-18-20-8-3-9-22-17(14)20/h5-6,10-11H,2-4,7-9H2,1H3. The molecule has 1 aromatic heterocycles. The normalized spacial score (nSPS) is 16.7. The molecule has 2 aliphatic heterocycles. The first-order valence-electron chi connectivity index (χ1n) is 7.84. The maximum Gasteiger partial charge on any atom is 0.265 e. The van der Waals surface area contributed by atoms with Crippen LogP contribution in [0, 0.1) is 6.92 Å². The molecule has 22 heavy (non-hydrogen) atoms. The number of nitrogens with zero attached hydrogens (tertiary/aromatic N) is 3. The summed E-state index contributed by atoms with van der Waals surface area (Å²) in [5, 5.41) is 4.29. The van der Waals surface area contributed by atoms with Crippen molar-refractivity contribution in [2.24, 2.45) is 0 Å². The largest absolute Gasteiger partial charge is 0.477 e. The molecule has 4 rings (SSSR count). The van der Waals surface area contributed by atoms with Crippen molar-refractivity contribution in [2.45, 2.75) is 32.7 Å². The molecular formula is C17H19N3O2. The third-order valence-corrected chi connectivity index (χ3v) is 4.37. The molecular weight excluding hydrogens is 278 g/mol. The summed E-state index contributed by atoms with van der Waals surface area (Å²) in [5.41, 5.74) is 4.09. The molecule has 0 N–H and O–H groups in total. The summed E-state index contributed by atoms with van der Waals surface area (Å²) in [7, 11) is 0. The topological polar surface area (TPSA) is 47.4 Å². The molecule has 1 amide bonds. The lowest BCUT2D eigenvalue weighted by Crippen LogP contribution is -2.35. The van der Waals surface area contributed by atoms with Crippen LogP contribution in [0.3, 0.4) is 0 Å². The number of benzene rings is 1. The van der Waals surface area contributed by atoms with E-state index >= 15 is 0 Å². The maximum absolute atomic E-state index is 13.0. The quantitative estimate of drug-likeness (QED) is 0.813. The molecule has 0 atom stereocenters. The zero-order chi connectivity index (χ0) is 15.1. The number of hydrogen-bond acceptors (Lipinski definition) is 3. The Bertz CT molecular complexity index is 736. The first-order valence-corrected chi connectivity index (χ1v) is 7.84. The van der Waals surface area contributed by atoms with Crippen molar-refractivity contribution in [3.05, 3.63) is 41.1 Å². The average Bonchev–Trinajstić information content (AvgIpc) is 2.97. The van der Waals surface area contributed by atoms with Gasteiger partial charge in [-0.3, -0.25) is 4.79 Å². The smallest absolute Gasteiger partial charge is 0.265 e. The minimum absolute atomic E-state index is 0.00652. The molecule has 5 nitrogen and oxygen atoms in total. The summed E-state index contributed by atoms with van der Waals surface area (Å²) >= 11 is 0. The van der Waals surface area contributed by atoms with E-state index in [0.29, 0.717) is 18.1 Å². The Morgan fingerprint density at radius 1 is 1.27 bits per heavy atom. The molecule has 114 valence electrons. The maximum atomic E-state index is 13.0. The minimum Gasteiger partial charge on any atom is -0.477 e. The lowest BCUT2D eigenvalue weighted by Gasteiger charge is -2.30. The lowest BCUT2D eigenvalue weighted by atomic mass is 9.99. The molecule has 0 bridgehead atoms. The second-order valence-electron chi connectivity index (χ2n) is 5.98. The molecule has 0 saturated heterocycles. The Morgan fingerprint density at radius 2 is 2.18 bits per heavy atom. The first-order chi connectivity index (χ1) is 10.7. The van der Waals surface area contributed by atoms with Crippen LogP contribution in [0.4, 0.5) is 5.69 Å². The van der Waals surface area contributed by atoms with Crippen LogP contribution in [0.25, 0.3) is 0 Å². The van der Waals surface area contributed by atoms with E-state index in [4.69, 9.17) is 4.74 Å². The van der Waals surface area contributed by atoms with Crippen LogP contribution in [0.5, 0.6) is 5.88 Å². The van der Waals surface area contributed by atoms with Crippen molar-refractivity contribution in [3.8, 4) is 5.88 Å². The predicted octanol–water partition coefficient (Wildman–Crippen LogP) is 2.57. The van der Waals surface area contributed by atoms with Gasteiger partial charge in [0, 0.05) is 25.2 Å². The monoisotopic (exact) mass is 297 g/mol. The molecule has 2 aliphatic rings. The fourth-order valence-corrected chi connectivity index (χ4v) is 3.30. The van der Waals surface area contributed by atoms with Gasteiger partial charge in [-0.25, -0.2) is 4.68 Å². The highest BCUT2D eigenvalue weighted by atomic mass is 16.5. The number of anilines is 1. The molecule has 2 aromatic rings. The predicted molar refractivity (Wildman–Crippen MR) is 83.5 cm³/mol. The van der Waals surface area contributed by atoms with Gasteiger partial charge in [-0.15, -0.1) is 0 Å². The van der Waals surface area contributed by atoms with Crippen LogP contribution < -0.4 is 9.64 Å². The highest BCUT2D eigenvalue weighted by Gasteiger charge is 2.29. The fraction of sp³-hybridized carbons (Fsp3) is 0.412. The Kier molecular flexibility index (Phi) is 3.13. The van der Waals surface area contributed by atoms with Gasteiger partial charge in [0.1, 0.15) is 5.56 Å². The zero-order valence-electron chi connectivity index (χ0n) is 12.7.